The molecule has 0 bridgehead atoms. The lowest BCUT2D eigenvalue weighted by Gasteiger charge is -2.27. The summed E-state index contributed by atoms with van der Waals surface area (Å²) in [6.07, 6.45) is 0. The van der Waals surface area contributed by atoms with Crippen molar-refractivity contribution in [2.24, 2.45) is 23.3 Å². The number of amides is 2. The number of nitrogens with zero attached hydrogens (tertiary/aromatic N) is 1. The highest BCUT2D eigenvalue weighted by molar-refractivity contribution is 5.86. The molecule has 94 valence electrons. The van der Waals surface area contributed by atoms with Crippen LogP contribution in [0.3, 0.4) is 0 Å². The first-order chi connectivity index (χ1) is 7.25. The van der Waals surface area contributed by atoms with Crippen LogP contribution in [0.15, 0.2) is 0 Å². The van der Waals surface area contributed by atoms with Crippen LogP contribution in [0.5, 0.6) is 0 Å². The molecule has 1 atom stereocenters. The van der Waals surface area contributed by atoms with E-state index in [4.69, 9.17) is 11.5 Å². The summed E-state index contributed by atoms with van der Waals surface area (Å²) < 4.78 is 0. The van der Waals surface area contributed by atoms with Gasteiger partial charge in [-0.3, -0.25) is 9.59 Å². The van der Waals surface area contributed by atoms with E-state index in [1.807, 2.05) is 27.7 Å². The Balaban J connectivity index is 4.61. The number of rotatable bonds is 6. The van der Waals surface area contributed by atoms with Crippen LogP contribution in [-0.2, 0) is 9.59 Å². The molecule has 0 saturated carbocycles. The van der Waals surface area contributed by atoms with Crippen LogP contribution in [0.1, 0.15) is 27.7 Å². The van der Waals surface area contributed by atoms with Crippen LogP contribution in [0.4, 0.5) is 0 Å². The fraction of sp³-hybridized carbons (Fsp3) is 0.818. The van der Waals surface area contributed by atoms with E-state index in [0.29, 0.717) is 6.54 Å². The summed E-state index contributed by atoms with van der Waals surface area (Å²) in [5, 5.41) is 0. The monoisotopic (exact) mass is 229 g/mol. The number of nitrogens with two attached hydrogens (primary N) is 2. The molecule has 0 aliphatic carbocycles. The molecule has 0 heterocycles. The van der Waals surface area contributed by atoms with Crippen LogP contribution in [0, 0.1) is 11.8 Å². The highest BCUT2D eigenvalue weighted by atomic mass is 16.2. The van der Waals surface area contributed by atoms with E-state index in [0.717, 1.165) is 0 Å². The Hall–Kier alpha value is -1.10. The smallest absolute Gasteiger partial charge is 0.240 e. The van der Waals surface area contributed by atoms with Crippen LogP contribution in [-0.4, -0.2) is 35.8 Å². The Bertz CT molecular complexity index is 252. The van der Waals surface area contributed by atoms with Gasteiger partial charge in [0, 0.05) is 6.54 Å². The zero-order chi connectivity index (χ0) is 12.9. The molecule has 0 radical (unpaired) electrons. The van der Waals surface area contributed by atoms with Gasteiger partial charge in [-0.15, -0.1) is 0 Å². The van der Waals surface area contributed by atoms with Crippen molar-refractivity contribution in [2.45, 2.75) is 33.7 Å². The van der Waals surface area contributed by atoms with Gasteiger partial charge in [-0.25, -0.2) is 0 Å². The molecule has 0 fully saturated rings. The molecule has 0 rings (SSSR count). The average Bonchev–Trinajstić information content (AvgIpc) is 2.12. The third-order valence-electron chi connectivity index (χ3n) is 2.25. The van der Waals surface area contributed by atoms with Crippen molar-refractivity contribution >= 4 is 11.8 Å². The minimum Gasteiger partial charge on any atom is -0.368 e. The van der Waals surface area contributed by atoms with Crippen LogP contribution >= 0.6 is 0 Å². The van der Waals surface area contributed by atoms with Crippen LogP contribution in [0.25, 0.3) is 0 Å². The maximum absolute atomic E-state index is 11.9. The van der Waals surface area contributed by atoms with Gasteiger partial charge in [-0.1, -0.05) is 27.7 Å². The first-order valence-electron chi connectivity index (χ1n) is 5.58. The second-order valence-electron chi connectivity index (χ2n) is 4.85. The molecule has 0 aliphatic rings. The summed E-state index contributed by atoms with van der Waals surface area (Å²) in [6, 6.07) is -0.571. The van der Waals surface area contributed by atoms with Crippen molar-refractivity contribution in [3.8, 4) is 0 Å². The van der Waals surface area contributed by atoms with Crippen LogP contribution < -0.4 is 11.5 Å². The lowest BCUT2D eigenvalue weighted by Crippen LogP contribution is -2.50. The van der Waals surface area contributed by atoms with E-state index < -0.39 is 11.9 Å². The van der Waals surface area contributed by atoms with Gasteiger partial charge in [-0.2, -0.15) is 0 Å². The highest BCUT2D eigenvalue weighted by Crippen LogP contribution is 2.06. The van der Waals surface area contributed by atoms with Crippen LogP contribution in [0.2, 0.25) is 0 Å². The van der Waals surface area contributed by atoms with Gasteiger partial charge >= 0.3 is 0 Å². The summed E-state index contributed by atoms with van der Waals surface area (Å²) in [7, 11) is 0. The first kappa shape index (κ1) is 14.9. The van der Waals surface area contributed by atoms with Crippen molar-refractivity contribution in [1.82, 2.24) is 4.90 Å². The number of carbonyl (C=O) groups is 2. The molecule has 0 saturated heterocycles. The van der Waals surface area contributed by atoms with E-state index in [9.17, 15) is 9.59 Å². The second kappa shape index (κ2) is 6.48. The van der Waals surface area contributed by atoms with Gasteiger partial charge in [0.25, 0.3) is 0 Å². The fourth-order valence-electron chi connectivity index (χ4n) is 1.36. The van der Waals surface area contributed by atoms with Crippen molar-refractivity contribution in [3.63, 3.8) is 0 Å². The lowest BCUT2D eigenvalue weighted by molar-refractivity contribution is -0.137. The molecule has 5 nitrogen and oxygen atoms in total. The standard InChI is InChI=1S/C11H23N3O2/c1-7(2)5-14(6-9(12)15)11(16)10(13)8(3)4/h7-8,10H,5-6,13H2,1-4H3,(H2,12,15)/t10-/m1/s1. The maximum Gasteiger partial charge on any atom is 0.240 e. The van der Waals surface area contributed by atoms with E-state index in [1.165, 1.54) is 4.90 Å². The molecular weight excluding hydrogens is 206 g/mol. The molecular formula is C11H23N3O2. The van der Waals surface area contributed by atoms with E-state index >= 15 is 0 Å². The molecule has 0 aromatic rings. The summed E-state index contributed by atoms with van der Waals surface area (Å²) in [5.74, 6) is -0.384. The average molecular weight is 229 g/mol. The Kier molecular flexibility index (Phi) is 6.03. The zero-order valence-electron chi connectivity index (χ0n) is 10.6. The minimum absolute atomic E-state index is 0.0510. The van der Waals surface area contributed by atoms with Gasteiger partial charge in [-0.05, 0) is 11.8 Å². The maximum atomic E-state index is 11.9. The van der Waals surface area contributed by atoms with Gasteiger partial charge < -0.3 is 16.4 Å². The Morgan fingerprint density at radius 1 is 1.19 bits per heavy atom. The number of hydrogen-bond acceptors (Lipinski definition) is 3. The number of carbonyl (C=O) groups excluding carboxylic acids is 2. The van der Waals surface area contributed by atoms with Gasteiger partial charge in [0.15, 0.2) is 0 Å². The Labute approximate surface area is 97.2 Å². The normalized spacial score (nSPS) is 12.9. The zero-order valence-corrected chi connectivity index (χ0v) is 10.6. The molecule has 4 N–H and O–H groups in total. The summed E-state index contributed by atoms with van der Waals surface area (Å²) in [5.41, 5.74) is 10.9. The predicted molar refractivity (Wildman–Crippen MR) is 63.4 cm³/mol. The summed E-state index contributed by atoms with van der Waals surface area (Å²) in [6.45, 7) is 8.14. The quantitative estimate of drug-likeness (QED) is 0.668. The van der Waals surface area contributed by atoms with Gasteiger partial charge in [0.05, 0.1) is 12.6 Å². The molecule has 5 heteroatoms. The molecule has 16 heavy (non-hydrogen) atoms. The van der Waals surface area contributed by atoms with E-state index in [2.05, 4.69) is 0 Å². The third-order valence-corrected chi connectivity index (χ3v) is 2.25. The fourth-order valence-corrected chi connectivity index (χ4v) is 1.36. The molecule has 0 aromatic heterocycles. The van der Waals surface area contributed by atoms with E-state index in [1.54, 1.807) is 0 Å². The lowest BCUT2D eigenvalue weighted by atomic mass is 10.0. The Morgan fingerprint density at radius 2 is 1.69 bits per heavy atom. The van der Waals surface area contributed by atoms with Crippen molar-refractivity contribution < 1.29 is 9.59 Å². The number of hydrogen-bond donors (Lipinski definition) is 2. The molecule has 0 spiro atoms. The second-order valence-corrected chi connectivity index (χ2v) is 4.85. The third kappa shape index (κ3) is 5.11. The van der Waals surface area contributed by atoms with Crippen molar-refractivity contribution in [3.05, 3.63) is 0 Å². The number of primary amides is 1. The largest absolute Gasteiger partial charge is 0.368 e. The molecule has 2 amide bonds. The SMILES string of the molecule is CC(C)CN(CC(N)=O)C(=O)[C@H](N)C(C)C. The van der Waals surface area contributed by atoms with E-state index in [-0.39, 0.29) is 24.3 Å². The first-order valence-corrected chi connectivity index (χ1v) is 5.58. The highest BCUT2D eigenvalue weighted by Gasteiger charge is 2.24. The summed E-state index contributed by atoms with van der Waals surface area (Å²) in [4.78, 5) is 24.3. The Morgan fingerprint density at radius 3 is 2.00 bits per heavy atom. The molecule has 0 aromatic carbocycles. The predicted octanol–water partition coefficient (Wildman–Crippen LogP) is -0.0604. The van der Waals surface area contributed by atoms with Crippen molar-refractivity contribution in [2.75, 3.05) is 13.1 Å². The minimum atomic E-state index is -0.571. The molecule has 0 unspecified atom stereocenters. The van der Waals surface area contributed by atoms with Crippen molar-refractivity contribution in [1.29, 1.82) is 0 Å². The summed E-state index contributed by atoms with van der Waals surface area (Å²) >= 11 is 0. The van der Waals surface area contributed by atoms with Gasteiger partial charge in [0.2, 0.25) is 11.8 Å². The topological polar surface area (TPSA) is 89.4 Å². The molecule has 0 aliphatic heterocycles. The van der Waals surface area contributed by atoms with Gasteiger partial charge in [0.1, 0.15) is 0 Å².